The highest BCUT2D eigenvalue weighted by Crippen LogP contribution is 2.40. The number of hydrogen-bond donors (Lipinski definition) is 1. The van der Waals surface area contributed by atoms with E-state index in [1.165, 1.54) is 0 Å². The van der Waals surface area contributed by atoms with Crippen LogP contribution in [0.15, 0.2) is 0 Å². The van der Waals surface area contributed by atoms with Crippen molar-refractivity contribution in [3.05, 3.63) is 0 Å². The summed E-state index contributed by atoms with van der Waals surface area (Å²) in [6, 6.07) is 0.0230. The maximum atomic E-state index is 12.8. The molecule has 1 saturated carbocycles. The molecule has 0 spiro atoms. The zero-order valence-corrected chi connectivity index (χ0v) is 13.8. The molecule has 0 aromatic carbocycles. The standard InChI is InChI=1S/C15H25F3N2O.ClH/c1-10(19)12-5-3-7-20(9-12)14(21)11-4-2-6-13(8-11)15(16,17)18;/h10-13H,2-9,19H2,1H3;1H. The molecular formula is C15H26ClF3N2O. The summed E-state index contributed by atoms with van der Waals surface area (Å²) in [4.78, 5) is 14.3. The molecule has 3 nitrogen and oxygen atoms in total. The number of piperidine rings is 1. The molecule has 0 bridgehead atoms. The molecule has 1 saturated heterocycles. The second-order valence-corrected chi connectivity index (χ2v) is 6.65. The van der Waals surface area contributed by atoms with Crippen molar-refractivity contribution in [3.8, 4) is 0 Å². The van der Waals surface area contributed by atoms with E-state index in [1.807, 2.05) is 6.92 Å². The van der Waals surface area contributed by atoms with E-state index in [2.05, 4.69) is 0 Å². The number of nitrogens with two attached hydrogens (primary N) is 1. The molecule has 2 rings (SSSR count). The van der Waals surface area contributed by atoms with Crippen LogP contribution in [0.4, 0.5) is 13.2 Å². The third-order valence-electron chi connectivity index (χ3n) is 5.00. The van der Waals surface area contributed by atoms with Crippen LogP contribution < -0.4 is 5.73 Å². The average Bonchev–Trinajstić information content (AvgIpc) is 2.46. The van der Waals surface area contributed by atoms with Gasteiger partial charge in [0, 0.05) is 25.0 Å². The molecule has 2 N–H and O–H groups in total. The van der Waals surface area contributed by atoms with Gasteiger partial charge in [-0.25, -0.2) is 0 Å². The Morgan fingerprint density at radius 1 is 1.23 bits per heavy atom. The lowest BCUT2D eigenvalue weighted by molar-refractivity contribution is -0.187. The molecule has 1 aliphatic heterocycles. The molecule has 1 aliphatic carbocycles. The Kier molecular flexibility index (Phi) is 6.99. The number of hydrogen-bond acceptors (Lipinski definition) is 2. The van der Waals surface area contributed by atoms with Crippen molar-refractivity contribution < 1.29 is 18.0 Å². The Hall–Kier alpha value is -0.490. The fourth-order valence-corrected chi connectivity index (χ4v) is 3.61. The maximum absolute atomic E-state index is 12.8. The van der Waals surface area contributed by atoms with E-state index in [0.717, 1.165) is 12.8 Å². The van der Waals surface area contributed by atoms with Gasteiger partial charge in [0.1, 0.15) is 0 Å². The van der Waals surface area contributed by atoms with E-state index < -0.39 is 18.0 Å². The Labute approximate surface area is 136 Å². The van der Waals surface area contributed by atoms with Crippen molar-refractivity contribution in [2.45, 2.75) is 57.7 Å². The summed E-state index contributed by atoms with van der Waals surface area (Å²) in [7, 11) is 0. The maximum Gasteiger partial charge on any atom is 0.391 e. The van der Waals surface area contributed by atoms with Crippen molar-refractivity contribution in [2.75, 3.05) is 13.1 Å². The predicted molar refractivity (Wildman–Crippen MR) is 81.7 cm³/mol. The van der Waals surface area contributed by atoms with Gasteiger partial charge in [-0.15, -0.1) is 12.4 Å². The van der Waals surface area contributed by atoms with Crippen LogP contribution in [-0.2, 0) is 4.79 Å². The molecule has 0 aromatic rings. The van der Waals surface area contributed by atoms with E-state index >= 15 is 0 Å². The SMILES string of the molecule is CC(N)C1CCCN(C(=O)C2CCCC(C(F)(F)F)C2)C1.Cl. The second-order valence-electron chi connectivity index (χ2n) is 6.65. The molecule has 22 heavy (non-hydrogen) atoms. The molecule has 0 radical (unpaired) electrons. The first-order chi connectivity index (χ1) is 9.79. The molecule has 4 atom stereocenters. The fourth-order valence-electron chi connectivity index (χ4n) is 3.61. The average molecular weight is 343 g/mol. The number of amides is 1. The van der Waals surface area contributed by atoms with E-state index in [-0.39, 0.29) is 43.1 Å². The Morgan fingerprint density at radius 2 is 1.91 bits per heavy atom. The first-order valence-corrected chi connectivity index (χ1v) is 7.90. The lowest BCUT2D eigenvalue weighted by atomic mass is 9.80. The Morgan fingerprint density at radius 3 is 2.50 bits per heavy atom. The van der Waals surface area contributed by atoms with Crippen LogP contribution in [0.1, 0.15) is 45.4 Å². The summed E-state index contributed by atoms with van der Waals surface area (Å²) in [6.45, 7) is 3.19. The van der Waals surface area contributed by atoms with Crippen LogP contribution >= 0.6 is 12.4 Å². The summed E-state index contributed by atoms with van der Waals surface area (Å²) >= 11 is 0. The third kappa shape index (κ3) is 4.75. The molecule has 4 unspecified atom stereocenters. The lowest BCUT2D eigenvalue weighted by Crippen LogP contribution is -2.48. The van der Waals surface area contributed by atoms with Gasteiger partial charge < -0.3 is 10.6 Å². The van der Waals surface area contributed by atoms with E-state index in [4.69, 9.17) is 5.73 Å². The molecule has 130 valence electrons. The highest BCUT2D eigenvalue weighted by molar-refractivity contribution is 5.85. The summed E-state index contributed by atoms with van der Waals surface area (Å²) in [5.41, 5.74) is 5.90. The van der Waals surface area contributed by atoms with Crippen molar-refractivity contribution >= 4 is 18.3 Å². The Balaban J connectivity index is 0.00000242. The third-order valence-corrected chi connectivity index (χ3v) is 5.00. The highest BCUT2D eigenvalue weighted by Gasteiger charge is 2.44. The van der Waals surface area contributed by atoms with Gasteiger partial charge in [0.15, 0.2) is 0 Å². The zero-order chi connectivity index (χ0) is 15.6. The van der Waals surface area contributed by atoms with Crippen LogP contribution in [0.25, 0.3) is 0 Å². The van der Waals surface area contributed by atoms with Gasteiger partial charge in [0.25, 0.3) is 0 Å². The van der Waals surface area contributed by atoms with Gasteiger partial charge in [-0.05, 0) is 44.9 Å². The minimum Gasteiger partial charge on any atom is -0.342 e. The van der Waals surface area contributed by atoms with Gasteiger partial charge >= 0.3 is 6.18 Å². The highest BCUT2D eigenvalue weighted by atomic mass is 35.5. The van der Waals surface area contributed by atoms with Gasteiger partial charge in [0.2, 0.25) is 5.91 Å². The van der Waals surface area contributed by atoms with Crippen LogP contribution in [0.3, 0.4) is 0 Å². The van der Waals surface area contributed by atoms with Crippen LogP contribution in [-0.4, -0.2) is 36.1 Å². The monoisotopic (exact) mass is 342 g/mol. The van der Waals surface area contributed by atoms with Crippen molar-refractivity contribution in [2.24, 2.45) is 23.5 Å². The van der Waals surface area contributed by atoms with Crippen LogP contribution in [0, 0.1) is 17.8 Å². The van der Waals surface area contributed by atoms with Gasteiger partial charge in [-0.1, -0.05) is 6.42 Å². The molecule has 2 aliphatic rings. The van der Waals surface area contributed by atoms with E-state index in [1.54, 1.807) is 4.90 Å². The topological polar surface area (TPSA) is 46.3 Å². The number of alkyl halides is 3. The van der Waals surface area contributed by atoms with Gasteiger partial charge in [-0.3, -0.25) is 4.79 Å². The Bertz CT molecular complexity index is 376. The minimum absolute atomic E-state index is 0. The summed E-state index contributed by atoms with van der Waals surface area (Å²) < 4.78 is 38.5. The molecule has 0 aromatic heterocycles. The first kappa shape index (κ1) is 19.6. The largest absolute Gasteiger partial charge is 0.391 e. The second kappa shape index (κ2) is 7.86. The number of nitrogens with zero attached hydrogens (tertiary/aromatic N) is 1. The molecular weight excluding hydrogens is 317 g/mol. The number of carbonyl (C=O) groups is 1. The molecule has 1 heterocycles. The number of rotatable bonds is 2. The number of halogens is 4. The quantitative estimate of drug-likeness (QED) is 0.836. The summed E-state index contributed by atoms with van der Waals surface area (Å²) in [6.07, 6.45) is -1.08. The lowest BCUT2D eigenvalue weighted by Gasteiger charge is -2.38. The number of likely N-dealkylation sites (tertiary alicyclic amines) is 1. The first-order valence-electron chi connectivity index (χ1n) is 7.90. The van der Waals surface area contributed by atoms with Crippen molar-refractivity contribution in [3.63, 3.8) is 0 Å². The van der Waals surface area contributed by atoms with Crippen LogP contribution in [0.5, 0.6) is 0 Å². The van der Waals surface area contributed by atoms with Gasteiger partial charge in [-0.2, -0.15) is 13.2 Å². The molecule has 2 fully saturated rings. The van der Waals surface area contributed by atoms with Gasteiger partial charge in [0.05, 0.1) is 5.92 Å². The normalized spacial score (nSPS) is 31.3. The van der Waals surface area contributed by atoms with E-state index in [9.17, 15) is 18.0 Å². The smallest absolute Gasteiger partial charge is 0.342 e. The summed E-state index contributed by atoms with van der Waals surface area (Å²) in [5.74, 6) is -1.59. The summed E-state index contributed by atoms with van der Waals surface area (Å²) in [5, 5.41) is 0. The predicted octanol–water partition coefficient (Wildman–Crippen LogP) is 3.36. The molecule has 1 amide bonds. The van der Waals surface area contributed by atoms with Crippen molar-refractivity contribution in [1.29, 1.82) is 0 Å². The number of carbonyl (C=O) groups excluding carboxylic acids is 1. The zero-order valence-electron chi connectivity index (χ0n) is 12.9. The van der Waals surface area contributed by atoms with Crippen LogP contribution in [0.2, 0.25) is 0 Å². The van der Waals surface area contributed by atoms with E-state index in [0.29, 0.717) is 25.9 Å². The fraction of sp³-hybridized carbons (Fsp3) is 0.933. The molecule has 7 heteroatoms. The minimum atomic E-state index is -4.17. The van der Waals surface area contributed by atoms with Crippen molar-refractivity contribution in [1.82, 2.24) is 4.90 Å².